The van der Waals surface area contributed by atoms with Crippen LogP contribution in [0, 0.1) is 6.92 Å². The highest BCUT2D eigenvalue weighted by molar-refractivity contribution is 5.76. The van der Waals surface area contributed by atoms with E-state index in [1.165, 1.54) is 0 Å². The summed E-state index contributed by atoms with van der Waals surface area (Å²) in [7, 11) is 0. The summed E-state index contributed by atoms with van der Waals surface area (Å²) in [4.78, 5) is 15.3. The Morgan fingerprint density at radius 3 is 3.08 bits per heavy atom. The highest BCUT2D eigenvalue weighted by Crippen LogP contribution is 2.04. The summed E-state index contributed by atoms with van der Waals surface area (Å²) >= 11 is 0. The quantitative estimate of drug-likeness (QED) is 0.616. The van der Waals surface area contributed by atoms with Crippen molar-refractivity contribution in [2.75, 3.05) is 0 Å². The monoisotopic (exact) mass is 161 g/mol. The number of nitrogens with one attached hydrogen (secondary N) is 1. The Balaban J connectivity index is 2.96. The Hall–Kier alpha value is -1.71. The van der Waals surface area contributed by atoms with Crippen molar-refractivity contribution in [3.05, 3.63) is 34.4 Å². The minimum atomic E-state index is -0.194. The van der Waals surface area contributed by atoms with Crippen molar-refractivity contribution in [1.82, 2.24) is 15.2 Å². The molecule has 0 unspecified atom stereocenters. The lowest BCUT2D eigenvalue weighted by molar-refractivity contribution is 1.00. The molecule has 0 fully saturated rings. The normalized spacial score (nSPS) is 10.4. The second-order valence-corrected chi connectivity index (χ2v) is 2.58. The largest absolute Gasteiger partial charge is 0.273 e. The number of nitrogens with zero attached hydrogens (tertiary/aromatic N) is 2. The standard InChI is InChI=1S/C8H7N3O/c1-5-2-3-6-7(10-5)4-9-11-8(6)12/h2-4H,1H3,(H,11,12). The topological polar surface area (TPSA) is 58.6 Å². The lowest BCUT2D eigenvalue weighted by Crippen LogP contribution is -2.08. The number of hydrogen-bond donors (Lipinski definition) is 1. The van der Waals surface area contributed by atoms with Crippen molar-refractivity contribution in [3.63, 3.8) is 0 Å². The lowest BCUT2D eigenvalue weighted by atomic mass is 10.3. The van der Waals surface area contributed by atoms with Crippen LogP contribution in [0.2, 0.25) is 0 Å². The van der Waals surface area contributed by atoms with Crippen LogP contribution in [0.4, 0.5) is 0 Å². The number of hydrogen-bond acceptors (Lipinski definition) is 3. The van der Waals surface area contributed by atoms with Crippen LogP contribution in [0.1, 0.15) is 5.69 Å². The maximum absolute atomic E-state index is 11.1. The summed E-state index contributed by atoms with van der Waals surface area (Å²) < 4.78 is 0. The molecule has 1 N–H and O–H groups in total. The molecule has 4 nitrogen and oxygen atoms in total. The van der Waals surface area contributed by atoms with E-state index in [4.69, 9.17) is 0 Å². The van der Waals surface area contributed by atoms with Crippen LogP contribution < -0.4 is 5.56 Å². The zero-order chi connectivity index (χ0) is 8.55. The number of H-pyrrole nitrogens is 1. The van der Waals surface area contributed by atoms with Crippen LogP contribution in [-0.2, 0) is 0 Å². The van der Waals surface area contributed by atoms with Gasteiger partial charge in [-0.25, -0.2) is 5.10 Å². The van der Waals surface area contributed by atoms with Gasteiger partial charge in [-0.1, -0.05) is 0 Å². The number of fused-ring (bicyclic) bond motifs is 1. The van der Waals surface area contributed by atoms with E-state index in [9.17, 15) is 4.79 Å². The second kappa shape index (κ2) is 2.41. The van der Waals surface area contributed by atoms with Gasteiger partial charge in [-0.15, -0.1) is 0 Å². The van der Waals surface area contributed by atoms with Crippen LogP contribution in [0.15, 0.2) is 23.1 Å². The smallest absolute Gasteiger partial charge is 0.267 e. The van der Waals surface area contributed by atoms with Gasteiger partial charge in [0.25, 0.3) is 5.56 Å². The molecule has 0 bridgehead atoms. The van der Waals surface area contributed by atoms with Gasteiger partial charge in [0.2, 0.25) is 0 Å². The molecule has 0 spiro atoms. The molecular weight excluding hydrogens is 154 g/mol. The zero-order valence-electron chi connectivity index (χ0n) is 6.53. The van der Waals surface area contributed by atoms with Crippen molar-refractivity contribution >= 4 is 10.9 Å². The molecule has 0 aliphatic rings. The van der Waals surface area contributed by atoms with Gasteiger partial charge in [0, 0.05) is 5.69 Å². The average molecular weight is 161 g/mol. The summed E-state index contributed by atoms with van der Waals surface area (Å²) in [5.41, 5.74) is 1.33. The van der Waals surface area contributed by atoms with E-state index in [0.29, 0.717) is 10.9 Å². The first kappa shape index (κ1) is 6.97. The average Bonchev–Trinajstić information content (AvgIpc) is 2.04. The van der Waals surface area contributed by atoms with E-state index in [1.54, 1.807) is 18.3 Å². The molecule has 60 valence electrons. The van der Waals surface area contributed by atoms with Crippen molar-refractivity contribution in [1.29, 1.82) is 0 Å². The van der Waals surface area contributed by atoms with Crippen molar-refractivity contribution in [2.45, 2.75) is 6.92 Å². The highest BCUT2D eigenvalue weighted by Gasteiger charge is 1.98. The Morgan fingerprint density at radius 2 is 2.25 bits per heavy atom. The highest BCUT2D eigenvalue weighted by atomic mass is 16.1. The molecule has 0 radical (unpaired) electrons. The number of aryl methyl sites for hydroxylation is 1. The van der Waals surface area contributed by atoms with Crippen LogP contribution in [-0.4, -0.2) is 15.2 Å². The van der Waals surface area contributed by atoms with Gasteiger partial charge in [0.15, 0.2) is 0 Å². The van der Waals surface area contributed by atoms with Crippen LogP contribution in [0.5, 0.6) is 0 Å². The first-order chi connectivity index (χ1) is 5.77. The molecule has 0 saturated carbocycles. The fourth-order valence-corrected chi connectivity index (χ4v) is 1.08. The summed E-state index contributed by atoms with van der Waals surface area (Å²) in [6, 6.07) is 3.55. The molecule has 4 heteroatoms. The van der Waals surface area contributed by atoms with Gasteiger partial charge in [0.05, 0.1) is 17.1 Å². The number of aromatic nitrogens is 3. The predicted molar refractivity (Wildman–Crippen MR) is 44.9 cm³/mol. The van der Waals surface area contributed by atoms with Gasteiger partial charge in [-0.05, 0) is 19.1 Å². The molecule has 2 aromatic heterocycles. The van der Waals surface area contributed by atoms with E-state index < -0.39 is 0 Å². The second-order valence-electron chi connectivity index (χ2n) is 2.58. The molecule has 12 heavy (non-hydrogen) atoms. The molecule has 2 heterocycles. The Labute approximate surface area is 68.3 Å². The molecule has 0 aliphatic heterocycles. The zero-order valence-corrected chi connectivity index (χ0v) is 6.53. The van der Waals surface area contributed by atoms with Crippen LogP contribution in [0.3, 0.4) is 0 Å². The van der Waals surface area contributed by atoms with Crippen molar-refractivity contribution in [2.24, 2.45) is 0 Å². The van der Waals surface area contributed by atoms with E-state index in [0.717, 1.165) is 5.69 Å². The molecular formula is C8H7N3O. The molecule has 0 amide bonds. The third-order valence-electron chi connectivity index (χ3n) is 1.66. The first-order valence-electron chi connectivity index (χ1n) is 3.58. The van der Waals surface area contributed by atoms with E-state index in [1.807, 2.05) is 6.92 Å². The predicted octanol–water partition coefficient (Wildman–Crippen LogP) is 0.627. The SMILES string of the molecule is Cc1ccc2c(=O)[nH]ncc2n1. The van der Waals surface area contributed by atoms with E-state index >= 15 is 0 Å². The lowest BCUT2D eigenvalue weighted by Gasteiger charge is -1.94. The van der Waals surface area contributed by atoms with Crippen LogP contribution in [0.25, 0.3) is 10.9 Å². The van der Waals surface area contributed by atoms with Gasteiger partial charge >= 0.3 is 0 Å². The first-order valence-corrected chi connectivity index (χ1v) is 3.58. The van der Waals surface area contributed by atoms with Gasteiger partial charge in [-0.3, -0.25) is 9.78 Å². The maximum atomic E-state index is 11.1. The maximum Gasteiger partial charge on any atom is 0.273 e. The molecule has 0 aliphatic carbocycles. The number of rotatable bonds is 0. The molecule has 2 rings (SSSR count). The molecule has 2 aromatic rings. The third-order valence-corrected chi connectivity index (χ3v) is 1.66. The molecule has 0 atom stereocenters. The van der Waals surface area contributed by atoms with Gasteiger partial charge < -0.3 is 0 Å². The minimum absolute atomic E-state index is 0.194. The molecule has 0 aromatic carbocycles. The fraction of sp³-hybridized carbons (Fsp3) is 0.125. The number of aromatic amines is 1. The Bertz CT molecular complexity index is 475. The van der Waals surface area contributed by atoms with Gasteiger partial charge in [-0.2, -0.15) is 5.10 Å². The van der Waals surface area contributed by atoms with Crippen molar-refractivity contribution in [3.8, 4) is 0 Å². The summed E-state index contributed by atoms with van der Waals surface area (Å²) in [5, 5.41) is 6.58. The third kappa shape index (κ3) is 0.972. The van der Waals surface area contributed by atoms with E-state index in [-0.39, 0.29) is 5.56 Å². The fourth-order valence-electron chi connectivity index (χ4n) is 1.08. The van der Waals surface area contributed by atoms with Crippen LogP contribution >= 0.6 is 0 Å². The summed E-state index contributed by atoms with van der Waals surface area (Å²) in [6.07, 6.45) is 1.55. The number of pyridine rings is 1. The molecule has 0 saturated heterocycles. The minimum Gasteiger partial charge on any atom is -0.267 e. The van der Waals surface area contributed by atoms with Gasteiger partial charge in [0.1, 0.15) is 0 Å². The van der Waals surface area contributed by atoms with Crippen molar-refractivity contribution < 1.29 is 0 Å². The summed E-state index contributed by atoms with van der Waals surface area (Å²) in [6.45, 7) is 1.88. The Morgan fingerprint density at radius 1 is 1.42 bits per heavy atom. The summed E-state index contributed by atoms with van der Waals surface area (Å²) in [5.74, 6) is 0. The Kier molecular flexibility index (Phi) is 1.40. The van der Waals surface area contributed by atoms with E-state index in [2.05, 4.69) is 15.2 Å².